The van der Waals surface area contributed by atoms with E-state index in [0.717, 1.165) is 27.6 Å². The number of pyridine rings is 1. The van der Waals surface area contributed by atoms with Crippen LogP contribution in [-0.4, -0.2) is 4.98 Å². The third kappa shape index (κ3) is 2.98. The van der Waals surface area contributed by atoms with Crippen LogP contribution in [0.5, 0.6) is 0 Å². The second-order valence-electron chi connectivity index (χ2n) is 7.79. The highest BCUT2D eigenvalue weighted by molar-refractivity contribution is 6.11. The van der Waals surface area contributed by atoms with Crippen molar-refractivity contribution in [1.29, 1.82) is 0 Å². The van der Waals surface area contributed by atoms with Gasteiger partial charge in [0.05, 0.1) is 5.69 Å². The largest absolute Gasteiger partial charge is 0.455 e. The Morgan fingerprint density at radius 3 is 2.47 bits per heavy atom. The Bertz CT molecular complexity index is 1480. The van der Waals surface area contributed by atoms with Crippen LogP contribution in [0, 0.1) is 12.7 Å². The van der Waals surface area contributed by atoms with Crippen molar-refractivity contribution in [2.45, 2.75) is 26.6 Å². The summed E-state index contributed by atoms with van der Waals surface area (Å²) in [6, 6.07) is 19.3. The smallest absolute Gasteiger partial charge is 0.144 e. The Kier molecular flexibility index (Phi) is 3.64. The van der Waals surface area contributed by atoms with E-state index < -0.39 is 6.85 Å². The zero-order chi connectivity index (χ0) is 23.3. The van der Waals surface area contributed by atoms with Gasteiger partial charge >= 0.3 is 0 Å². The Morgan fingerprint density at radius 1 is 0.900 bits per heavy atom. The van der Waals surface area contributed by atoms with E-state index in [1.165, 1.54) is 12.1 Å². The molecule has 0 spiro atoms. The highest BCUT2D eigenvalue weighted by Gasteiger charge is 2.17. The number of aryl methyl sites for hydroxylation is 1. The van der Waals surface area contributed by atoms with Crippen LogP contribution in [0.4, 0.5) is 4.39 Å². The first kappa shape index (κ1) is 15.4. The fourth-order valence-corrected chi connectivity index (χ4v) is 3.89. The summed E-state index contributed by atoms with van der Waals surface area (Å²) in [7, 11) is 0. The quantitative estimate of drug-likeness (QED) is 0.309. The first-order chi connectivity index (χ1) is 15.7. The van der Waals surface area contributed by atoms with Crippen LogP contribution < -0.4 is 0 Å². The molecule has 0 aliphatic rings. The molecule has 0 atom stereocenters. The number of hydrogen-bond donors (Lipinski definition) is 0. The summed E-state index contributed by atoms with van der Waals surface area (Å²) < 4.78 is 44.5. The standard InChI is InChI=1S/C27H22FNO/c1-16(2)19-13-14-29-25(15-19)24-6-4-5-22-23-12-11-21(17(3)26(23)30-27(22)24)18-7-9-20(28)10-8-18/h4-16H,1-3H3/i3D3. The minimum Gasteiger partial charge on any atom is -0.455 e. The first-order valence-electron chi connectivity index (χ1n) is 11.4. The van der Waals surface area contributed by atoms with Crippen LogP contribution in [0.3, 0.4) is 0 Å². The van der Waals surface area contributed by atoms with E-state index in [1.54, 1.807) is 24.4 Å². The Labute approximate surface area is 179 Å². The lowest BCUT2D eigenvalue weighted by molar-refractivity contribution is 0.628. The molecule has 0 saturated carbocycles. The molecule has 2 nitrogen and oxygen atoms in total. The number of benzene rings is 3. The Balaban J connectivity index is 1.81. The molecule has 0 radical (unpaired) electrons. The molecule has 0 bridgehead atoms. The van der Waals surface area contributed by atoms with Gasteiger partial charge in [-0.2, -0.15) is 0 Å². The lowest BCUT2D eigenvalue weighted by atomic mass is 9.97. The van der Waals surface area contributed by atoms with Crippen molar-refractivity contribution in [3.8, 4) is 22.4 Å². The number of halogens is 1. The first-order valence-corrected chi connectivity index (χ1v) is 9.95. The SMILES string of the molecule is [2H]C([2H])([2H])c1c(-c2ccc(F)cc2)ccc2c1oc1c(-c3cc(C(C)C)ccn3)cccc12. The maximum atomic E-state index is 13.5. The van der Waals surface area contributed by atoms with Crippen molar-refractivity contribution in [3.05, 3.63) is 89.9 Å². The average molecular weight is 398 g/mol. The molecule has 0 unspecified atom stereocenters. The van der Waals surface area contributed by atoms with Crippen molar-refractivity contribution in [2.24, 2.45) is 0 Å². The molecule has 5 aromatic rings. The van der Waals surface area contributed by atoms with Gasteiger partial charge in [0.2, 0.25) is 0 Å². The summed E-state index contributed by atoms with van der Waals surface area (Å²) in [5.74, 6) is -0.0261. The number of fused-ring (bicyclic) bond motifs is 3. The molecule has 5 rings (SSSR count). The number of nitrogens with zero attached hydrogens (tertiary/aromatic N) is 1. The van der Waals surface area contributed by atoms with Gasteiger partial charge in [0, 0.05) is 32.2 Å². The van der Waals surface area contributed by atoms with Gasteiger partial charge in [-0.15, -0.1) is 0 Å². The van der Waals surface area contributed by atoms with Gasteiger partial charge in [-0.1, -0.05) is 44.2 Å². The van der Waals surface area contributed by atoms with Gasteiger partial charge in [0.1, 0.15) is 17.0 Å². The fraction of sp³-hybridized carbons (Fsp3) is 0.148. The predicted molar refractivity (Wildman–Crippen MR) is 121 cm³/mol. The van der Waals surface area contributed by atoms with Gasteiger partial charge in [-0.05, 0) is 65.9 Å². The predicted octanol–water partition coefficient (Wildman–Crippen LogP) is 7.89. The molecule has 0 aliphatic carbocycles. The van der Waals surface area contributed by atoms with Gasteiger partial charge in [0.15, 0.2) is 0 Å². The van der Waals surface area contributed by atoms with Gasteiger partial charge in [-0.25, -0.2) is 4.39 Å². The normalized spacial score (nSPS) is 13.5. The van der Waals surface area contributed by atoms with E-state index in [1.807, 2.05) is 36.4 Å². The summed E-state index contributed by atoms with van der Waals surface area (Å²) in [4.78, 5) is 4.55. The second kappa shape index (κ2) is 7.10. The summed E-state index contributed by atoms with van der Waals surface area (Å²) in [6.07, 6.45) is 1.78. The molecule has 0 fully saturated rings. The van der Waals surface area contributed by atoms with Crippen molar-refractivity contribution < 1.29 is 12.9 Å². The van der Waals surface area contributed by atoms with Crippen LogP contribution in [0.25, 0.3) is 44.3 Å². The van der Waals surface area contributed by atoms with E-state index in [0.29, 0.717) is 28.2 Å². The van der Waals surface area contributed by atoms with E-state index in [4.69, 9.17) is 8.53 Å². The number of para-hydroxylation sites is 1. The molecule has 0 N–H and O–H groups in total. The zero-order valence-corrected chi connectivity index (χ0v) is 16.7. The lowest BCUT2D eigenvalue weighted by Crippen LogP contribution is -1.90. The van der Waals surface area contributed by atoms with Crippen molar-refractivity contribution >= 4 is 21.9 Å². The topological polar surface area (TPSA) is 26.0 Å². The Morgan fingerprint density at radius 2 is 1.70 bits per heavy atom. The summed E-state index contributed by atoms with van der Waals surface area (Å²) in [6.45, 7) is 1.83. The fourth-order valence-electron chi connectivity index (χ4n) is 3.89. The molecule has 30 heavy (non-hydrogen) atoms. The third-order valence-electron chi connectivity index (χ3n) is 5.55. The highest BCUT2D eigenvalue weighted by Crippen LogP contribution is 2.39. The molecule has 0 aliphatic heterocycles. The van der Waals surface area contributed by atoms with Gasteiger partial charge in [-0.3, -0.25) is 4.98 Å². The van der Waals surface area contributed by atoms with Crippen LogP contribution in [0.2, 0.25) is 0 Å². The van der Waals surface area contributed by atoms with E-state index in [-0.39, 0.29) is 11.4 Å². The maximum absolute atomic E-state index is 13.5. The molecular weight excluding hydrogens is 373 g/mol. The number of rotatable bonds is 3. The zero-order valence-electron chi connectivity index (χ0n) is 19.7. The second-order valence-corrected chi connectivity index (χ2v) is 7.79. The number of aromatic nitrogens is 1. The molecule has 2 heterocycles. The third-order valence-corrected chi connectivity index (χ3v) is 5.55. The van der Waals surface area contributed by atoms with Crippen LogP contribution in [-0.2, 0) is 0 Å². The summed E-state index contributed by atoms with van der Waals surface area (Å²) in [5.41, 5.74) is 4.92. The van der Waals surface area contributed by atoms with E-state index >= 15 is 0 Å². The monoisotopic (exact) mass is 398 g/mol. The van der Waals surface area contributed by atoms with Crippen molar-refractivity contribution in [3.63, 3.8) is 0 Å². The Hall–Kier alpha value is -3.46. The van der Waals surface area contributed by atoms with E-state index in [2.05, 4.69) is 18.8 Å². The molecular formula is C27H22FNO. The van der Waals surface area contributed by atoms with Crippen LogP contribution in [0.1, 0.15) is 35.0 Å². The van der Waals surface area contributed by atoms with Crippen LogP contribution in [0.15, 0.2) is 77.3 Å². The minimum atomic E-state index is -2.42. The number of furan rings is 1. The number of hydrogen-bond acceptors (Lipinski definition) is 2. The molecule has 2 aromatic heterocycles. The maximum Gasteiger partial charge on any atom is 0.144 e. The molecule has 3 aromatic carbocycles. The molecule has 0 amide bonds. The average Bonchev–Trinajstić information content (AvgIpc) is 3.17. The van der Waals surface area contributed by atoms with E-state index in [9.17, 15) is 4.39 Å². The van der Waals surface area contributed by atoms with Crippen molar-refractivity contribution in [2.75, 3.05) is 0 Å². The van der Waals surface area contributed by atoms with Crippen LogP contribution >= 0.6 is 0 Å². The minimum absolute atomic E-state index is 0.123. The summed E-state index contributed by atoms with van der Waals surface area (Å²) >= 11 is 0. The molecule has 0 saturated heterocycles. The van der Waals surface area contributed by atoms with Gasteiger partial charge in [0.25, 0.3) is 0 Å². The van der Waals surface area contributed by atoms with Crippen molar-refractivity contribution in [1.82, 2.24) is 4.98 Å². The molecule has 3 heteroatoms. The lowest BCUT2D eigenvalue weighted by Gasteiger charge is -2.07. The van der Waals surface area contributed by atoms with Gasteiger partial charge < -0.3 is 4.42 Å². The molecule has 148 valence electrons. The summed E-state index contributed by atoms with van der Waals surface area (Å²) in [5, 5.41) is 1.55. The highest BCUT2D eigenvalue weighted by atomic mass is 19.1.